The second kappa shape index (κ2) is 5.65. The van der Waals surface area contributed by atoms with Gasteiger partial charge in [-0.1, -0.05) is 6.42 Å². The first kappa shape index (κ1) is 12.6. The third-order valence-corrected chi connectivity index (χ3v) is 3.95. The highest BCUT2D eigenvalue weighted by molar-refractivity contribution is 5.06. The molecule has 1 unspecified atom stereocenters. The second-order valence-electron chi connectivity index (χ2n) is 5.09. The van der Waals surface area contributed by atoms with Gasteiger partial charge >= 0.3 is 0 Å². The molecule has 1 atom stereocenters. The standard InChI is InChI=1S/C13H24N4/c1-3-17-10-15-8-13(17)12(7-14)16(2)9-11-5-4-6-11/h8,10-12H,3-7,9,14H2,1-2H3. The highest BCUT2D eigenvalue weighted by Crippen LogP contribution is 2.29. The maximum Gasteiger partial charge on any atom is 0.0948 e. The van der Waals surface area contributed by atoms with Gasteiger partial charge in [-0.15, -0.1) is 0 Å². The van der Waals surface area contributed by atoms with Gasteiger partial charge in [-0.25, -0.2) is 4.98 Å². The van der Waals surface area contributed by atoms with E-state index in [4.69, 9.17) is 5.73 Å². The third-order valence-electron chi connectivity index (χ3n) is 3.95. The van der Waals surface area contributed by atoms with Crippen molar-refractivity contribution < 1.29 is 0 Å². The molecule has 2 rings (SSSR count). The van der Waals surface area contributed by atoms with Crippen LogP contribution >= 0.6 is 0 Å². The summed E-state index contributed by atoms with van der Waals surface area (Å²) < 4.78 is 2.19. The molecule has 0 spiro atoms. The van der Waals surface area contributed by atoms with Crippen molar-refractivity contribution in [3.63, 3.8) is 0 Å². The Kier molecular flexibility index (Phi) is 4.18. The molecule has 4 nitrogen and oxygen atoms in total. The van der Waals surface area contributed by atoms with Crippen molar-refractivity contribution in [2.45, 2.75) is 38.8 Å². The van der Waals surface area contributed by atoms with E-state index in [1.807, 2.05) is 12.5 Å². The highest BCUT2D eigenvalue weighted by Gasteiger charge is 2.24. The molecule has 0 bridgehead atoms. The van der Waals surface area contributed by atoms with E-state index in [1.165, 1.54) is 25.0 Å². The van der Waals surface area contributed by atoms with Gasteiger partial charge in [-0.2, -0.15) is 0 Å². The lowest BCUT2D eigenvalue weighted by molar-refractivity contribution is 0.160. The molecule has 0 amide bonds. The summed E-state index contributed by atoms with van der Waals surface area (Å²) in [5.41, 5.74) is 7.19. The first-order valence-electron chi connectivity index (χ1n) is 6.66. The number of nitrogens with zero attached hydrogens (tertiary/aromatic N) is 3. The van der Waals surface area contributed by atoms with E-state index in [9.17, 15) is 0 Å². The molecule has 1 aliphatic carbocycles. The Balaban J connectivity index is 2.03. The van der Waals surface area contributed by atoms with Crippen LogP contribution in [0.25, 0.3) is 0 Å². The summed E-state index contributed by atoms with van der Waals surface area (Å²) in [5.74, 6) is 0.882. The average molecular weight is 236 g/mol. The number of aromatic nitrogens is 2. The molecule has 0 radical (unpaired) electrons. The van der Waals surface area contributed by atoms with Gasteiger partial charge in [-0.3, -0.25) is 4.90 Å². The Hall–Kier alpha value is -0.870. The van der Waals surface area contributed by atoms with Gasteiger partial charge in [0, 0.05) is 25.8 Å². The summed E-state index contributed by atoms with van der Waals surface area (Å²) in [4.78, 5) is 6.63. The lowest BCUT2D eigenvalue weighted by atomic mass is 9.85. The van der Waals surface area contributed by atoms with Crippen LogP contribution in [0.2, 0.25) is 0 Å². The molecule has 17 heavy (non-hydrogen) atoms. The molecule has 1 aliphatic rings. The number of hydrogen-bond donors (Lipinski definition) is 1. The van der Waals surface area contributed by atoms with Crippen LogP contribution in [0.3, 0.4) is 0 Å². The summed E-state index contributed by atoms with van der Waals surface area (Å²) in [7, 11) is 2.18. The molecular weight excluding hydrogens is 212 g/mol. The molecule has 1 aromatic heterocycles. The molecule has 1 heterocycles. The maximum absolute atomic E-state index is 5.94. The number of imidazole rings is 1. The third kappa shape index (κ3) is 2.69. The van der Waals surface area contributed by atoms with Crippen LogP contribution in [0, 0.1) is 5.92 Å². The lowest BCUT2D eigenvalue weighted by Crippen LogP contribution is -2.37. The minimum atomic E-state index is 0.304. The predicted octanol–water partition coefficient (Wildman–Crippen LogP) is 1.63. The van der Waals surface area contributed by atoms with E-state index >= 15 is 0 Å². The summed E-state index contributed by atoms with van der Waals surface area (Å²) in [5, 5.41) is 0. The van der Waals surface area contributed by atoms with E-state index < -0.39 is 0 Å². The fourth-order valence-electron chi connectivity index (χ4n) is 2.61. The monoisotopic (exact) mass is 236 g/mol. The Morgan fingerprint density at radius 1 is 1.59 bits per heavy atom. The van der Waals surface area contributed by atoms with Gasteiger partial charge in [0.1, 0.15) is 0 Å². The average Bonchev–Trinajstić information content (AvgIpc) is 2.73. The van der Waals surface area contributed by atoms with Gasteiger partial charge in [-0.05, 0) is 32.7 Å². The van der Waals surface area contributed by atoms with Crippen molar-refractivity contribution in [3.8, 4) is 0 Å². The minimum absolute atomic E-state index is 0.304. The first-order chi connectivity index (χ1) is 8.26. The highest BCUT2D eigenvalue weighted by atomic mass is 15.2. The fourth-order valence-corrected chi connectivity index (χ4v) is 2.61. The van der Waals surface area contributed by atoms with E-state index in [1.54, 1.807) is 0 Å². The molecule has 1 saturated carbocycles. The normalized spacial score (nSPS) is 18.4. The van der Waals surface area contributed by atoms with E-state index in [0.717, 1.165) is 19.0 Å². The van der Waals surface area contributed by atoms with Crippen molar-refractivity contribution >= 4 is 0 Å². The number of rotatable bonds is 6. The SMILES string of the molecule is CCn1cncc1C(CN)N(C)CC1CCC1. The molecule has 96 valence electrons. The fraction of sp³-hybridized carbons (Fsp3) is 0.769. The Labute approximate surface area is 104 Å². The zero-order chi connectivity index (χ0) is 12.3. The zero-order valence-corrected chi connectivity index (χ0v) is 11.0. The number of hydrogen-bond acceptors (Lipinski definition) is 3. The van der Waals surface area contributed by atoms with Crippen LogP contribution in [0.15, 0.2) is 12.5 Å². The number of likely N-dealkylation sites (N-methyl/N-ethyl adjacent to an activating group) is 1. The molecule has 0 aromatic carbocycles. The molecule has 1 fully saturated rings. The second-order valence-corrected chi connectivity index (χ2v) is 5.09. The van der Waals surface area contributed by atoms with Crippen molar-refractivity contribution in [2.75, 3.05) is 20.1 Å². The molecule has 4 heteroatoms. The smallest absolute Gasteiger partial charge is 0.0948 e. The topological polar surface area (TPSA) is 47.1 Å². The maximum atomic E-state index is 5.94. The van der Waals surface area contributed by atoms with E-state index in [2.05, 4.69) is 28.4 Å². The largest absolute Gasteiger partial charge is 0.333 e. The molecule has 0 saturated heterocycles. The predicted molar refractivity (Wildman–Crippen MR) is 69.7 cm³/mol. The molecular formula is C13H24N4. The van der Waals surface area contributed by atoms with Crippen LogP contribution in [-0.4, -0.2) is 34.6 Å². The summed E-state index contributed by atoms with van der Waals surface area (Å²) in [6.45, 7) is 4.93. The van der Waals surface area contributed by atoms with Gasteiger partial charge in [0.2, 0.25) is 0 Å². The Morgan fingerprint density at radius 2 is 2.35 bits per heavy atom. The van der Waals surface area contributed by atoms with Crippen LogP contribution in [-0.2, 0) is 6.54 Å². The van der Waals surface area contributed by atoms with Crippen molar-refractivity contribution in [1.29, 1.82) is 0 Å². The number of aryl methyl sites for hydroxylation is 1. The Morgan fingerprint density at radius 3 is 2.88 bits per heavy atom. The van der Waals surface area contributed by atoms with Crippen molar-refractivity contribution in [2.24, 2.45) is 11.7 Å². The van der Waals surface area contributed by atoms with Crippen molar-refractivity contribution in [1.82, 2.24) is 14.5 Å². The lowest BCUT2D eigenvalue weighted by Gasteiger charge is -2.34. The van der Waals surface area contributed by atoms with Gasteiger partial charge in [0.25, 0.3) is 0 Å². The molecule has 2 N–H and O–H groups in total. The minimum Gasteiger partial charge on any atom is -0.333 e. The van der Waals surface area contributed by atoms with E-state index in [0.29, 0.717) is 12.6 Å². The zero-order valence-electron chi connectivity index (χ0n) is 11.0. The van der Waals surface area contributed by atoms with Gasteiger partial charge < -0.3 is 10.3 Å². The summed E-state index contributed by atoms with van der Waals surface area (Å²) in [6, 6.07) is 0.304. The quantitative estimate of drug-likeness (QED) is 0.816. The van der Waals surface area contributed by atoms with E-state index in [-0.39, 0.29) is 0 Å². The first-order valence-corrected chi connectivity index (χ1v) is 6.66. The van der Waals surface area contributed by atoms with Crippen LogP contribution in [0.5, 0.6) is 0 Å². The summed E-state index contributed by atoms with van der Waals surface area (Å²) >= 11 is 0. The molecule has 1 aromatic rings. The van der Waals surface area contributed by atoms with Crippen LogP contribution in [0.1, 0.15) is 37.9 Å². The number of nitrogens with two attached hydrogens (primary N) is 1. The van der Waals surface area contributed by atoms with Gasteiger partial charge in [0.15, 0.2) is 0 Å². The summed E-state index contributed by atoms with van der Waals surface area (Å²) in [6.07, 6.45) is 8.02. The van der Waals surface area contributed by atoms with Crippen LogP contribution in [0.4, 0.5) is 0 Å². The molecule has 0 aliphatic heterocycles. The Bertz CT molecular complexity index is 343. The van der Waals surface area contributed by atoms with Crippen LogP contribution < -0.4 is 5.73 Å². The van der Waals surface area contributed by atoms with Crippen molar-refractivity contribution in [3.05, 3.63) is 18.2 Å². The van der Waals surface area contributed by atoms with Gasteiger partial charge in [0.05, 0.1) is 18.1 Å².